The van der Waals surface area contributed by atoms with Crippen LogP contribution in [0.5, 0.6) is 0 Å². The van der Waals surface area contributed by atoms with Crippen LogP contribution < -0.4 is 10.3 Å². The van der Waals surface area contributed by atoms with Crippen molar-refractivity contribution in [2.24, 2.45) is 7.05 Å². The van der Waals surface area contributed by atoms with Gasteiger partial charge in [-0.25, -0.2) is 0 Å². The lowest BCUT2D eigenvalue weighted by Gasteiger charge is -2.40. The van der Waals surface area contributed by atoms with Gasteiger partial charge < -0.3 is 14.6 Å². The Morgan fingerprint density at radius 3 is 2.76 bits per heavy atom. The van der Waals surface area contributed by atoms with Crippen molar-refractivity contribution in [1.82, 2.24) is 19.4 Å². The maximum atomic E-state index is 13.5. The van der Waals surface area contributed by atoms with Gasteiger partial charge in [0.05, 0.1) is 17.4 Å². The first-order chi connectivity index (χ1) is 18.0. The minimum absolute atomic E-state index is 0.107. The molecule has 1 N–H and O–H groups in total. The lowest BCUT2D eigenvalue weighted by atomic mass is 10.0. The van der Waals surface area contributed by atoms with E-state index in [1.807, 2.05) is 62.9 Å². The summed E-state index contributed by atoms with van der Waals surface area (Å²) in [5, 5.41) is 9.97. The van der Waals surface area contributed by atoms with Crippen LogP contribution in [-0.4, -0.2) is 50.3 Å². The van der Waals surface area contributed by atoms with Gasteiger partial charge in [-0.05, 0) is 61.7 Å². The van der Waals surface area contributed by atoms with Gasteiger partial charge in [0.1, 0.15) is 0 Å². The highest BCUT2D eigenvalue weighted by molar-refractivity contribution is 5.79. The second kappa shape index (κ2) is 11.2. The highest BCUT2D eigenvalue weighted by Gasteiger charge is 2.27. The average molecular weight is 498 g/mol. The minimum atomic E-state index is 0.107. The molecule has 0 spiro atoms. The molecule has 0 aliphatic carbocycles. The smallest absolute Gasteiger partial charge is 0.193 e. The third-order valence-corrected chi connectivity index (χ3v) is 7.35. The molecular formula is C30H35N5O2. The summed E-state index contributed by atoms with van der Waals surface area (Å²) >= 11 is 0. The van der Waals surface area contributed by atoms with E-state index < -0.39 is 0 Å². The van der Waals surface area contributed by atoms with Crippen molar-refractivity contribution in [3.05, 3.63) is 99.9 Å². The minimum Gasteiger partial charge on any atom is -0.396 e. The van der Waals surface area contributed by atoms with Crippen molar-refractivity contribution in [1.29, 1.82) is 0 Å². The second-order valence-electron chi connectivity index (χ2n) is 10.0. The standard InChI is InChI=1S/C30H35N5O2/c1-22-16-23(11-13-31-22)18-35(20-24-19-33(2)29-8-4-3-7-28(29)30(24)37)27-6-5-14-34(21-27)26-10-9-25(12-15-36)32-17-26/h3-4,7-11,13,16-17,19,27,36H,5-6,12,14-15,18,20-21H2,1-2H3/t27-/m0/s1. The van der Waals surface area contributed by atoms with E-state index in [2.05, 4.69) is 42.5 Å². The third-order valence-electron chi connectivity index (χ3n) is 7.35. The maximum absolute atomic E-state index is 13.5. The molecule has 1 fully saturated rings. The molecule has 7 nitrogen and oxygen atoms in total. The molecule has 192 valence electrons. The van der Waals surface area contributed by atoms with Gasteiger partial charge in [0, 0.05) is 87.0 Å². The number of nitrogens with zero attached hydrogens (tertiary/aromatic N) is 5. The summed E-state index contributed by atoms with van der Waals surface area (Å²) in [6.45, 7) is 5.32. The van der Waals surface area contributed by atoms with Crippen molar-refractivity contribution in [2.45, 2.75) is 45.3 Å². The summed E-state index contributed by atoms with van der Waals surface area (Å²) in [5.41, 5.74) is 6.10. The largest absolute Gasteiger partial charge is 0.396 e. The summed E-state index contributed by atoms with van der Waals surface area (Å²) in [7, 11) is 2.01. The molecule has 37 heavy (non-hydrogen) atoms. The molecule has 0 saturated carbocycles. The van der Waals surface area contributed by atoms with E-state index in [0.29, 0.717) is 13.0 Å². The van der Waals surface area contributed by atoms with Gasteiger partial charge in [-0.3, -0.25) is 19.7 Å². The Morgan fingerprint density at radius 2 is 1.97 bits per heavy atom. The molecule has 0 bridgehead atoms. The topological polar surface area (TPSA) is 74.5 Å². The quantitative estimate of drug-likeness (QED) is 0.399. The number of pyridine rings is 3. The molecule has 3 aromatic heterocycles. The zero-order chi connectivity index (χ0) is 25.8. The van der Waals surface area contributed by atoms with Crippen LogP contribution in [0.4, 0.5) is 5.69 Å². The zero-order valence-electron chi connectivity index (χ0n) is 21.7. The first-order valence-corrected chi connectivity index (χ1v) is 13.1. The first kappa shape index (κ1) is 25.1. The normalized spacial score (nSPS) is 16.0. The van der Waals surface area contributed by atoms with Crippen molar-refractivity contribution < 1.29 is 5.11 Å². The lowest BCUT2D eigenvalue weighted by Crippen LogP contribution is -2.48. The predicted molar refractivity (Wildman–Crippen MR) is 148 cm³/mol. The van der Waals surface area contributed by atoms with E-state index in [1.54, 1.807) is 0 Å². The van der Waals surface area contributed by atoms with Crippen molar-refractivity contribution in [2.75, 3.05) is 24.6 Å². The van der Waals surface area contributed by atoms with Gasteiger partial charge in [-0.2, -0.15) is 0 Å². The van der Waals surface area contributed by atoms with Gasteiger partial charge in [0.15, 0.2) is 5.43 Å². The molecule has 5 rings (SSSR count). The third kappa shape index (κ3) is 5.73. The average Bonchev–Trinajstić information content (AvgIpc) is 2.92. The fourth-order valence-corrected chi connectivity index (χ4v) is 5.44. The van der Waals surface area contributed by atoms with Gasteiger partial charge in [-0.1, -0.05) is 12.1 Å². The SMILES string of the molecule is Cc1cc(CN(Cc2cn(C)c3ccccc3c2=O)[C@H]2CCCN(c3ccc(CCO)nc3)C2)ccn1. The van der Waals surface area contributed by atoms with Crippen LogP contribution in [0.3, 0.4) is 0 Å². The highest BCUT2D eigenvalue weighted by Crippen LogP contribution is 2.25. The molecule has 7 heteroatoms. The number of para-hydroxylation sites is 1. The van der Waals surface area contributed by atoms with Crippen LogP contribution in [0, 0.1) is 6.92 Å². The predicted octanol–water partition coefficient (Wildman–Crippen LogP) is 3.84. The molecule has 1 aliphatic rings. The molecule has 4 aromatic rings. The number of fused-ring (bicyclic) bond motifs is 1. The molecule has 0 radical (unpaired) electrons. The zero-order valence-corrected chi connectivity index (χ0v) is 21.7. The molecule has 1 saturated heterocycles. The van der Waals surface area contributed by atoms with Crippen LogP contribution in [-0.2, 0) is 26.6 Å². The Labute approximate surface area is 218 Å². The van der Waals surface area contributed by atoms with Crippen LogP contribution in [0.2, 0.25) is 0 Å². The Kier molecular flexibility index (Phi) is 7.63. The van der Waals surface area contributed by atoms with E-state index >= 15 is 0 Å². The highest BCUT2D eigenvalue weighted by atomic mass is 16.3. The molecule has 1 aromatic carbocycles. The Morgan fingerprint density at radius 1 is 1.11 bits per heavy atom. The summed E-state index contributed by atoms with van der Waals surface area (Å²) in [6, 6.07) is 16.4. The summed E-state index contributed by atoms with van der Waals surface area (Å²) in [5.74, 6) is 0. The number of aliphatic hydroxyl groups is 1. The van der Waals surface area contributed by atoms with E-state index in [0.717, 1.165) is 66.0 Å². The molecule has 0 unspecified atom stereocenters. The number of hydrogen-bond acceptors (Lipinski definition) is 6. The van der Waals surface area contributed by atoms with E-state index in [4.69, 9.17) is 0 Å². The lowest BCUT2D eigenvalue weighted by molar-refractivity contribution is 0.158. The Hall–Kier alpha value is -3.55. The number of hydrogen-bond donors (Lipinski definition) is 1. The van der Waals surface area contributed by atoms with Gasteiger partial charge in [0.25, 0.3) is 0 Å². The summed E-state index contributed by atoms with van der Waals surface area (Å²) < 4.78 is 2.06. The molecular weight excluding hydrogens is 462 g/mol. The fraction of sp³-hybridized carbons (Fsp3) is 0.367. The van der Waals surface area contributed by atoms with Crippen LogP contribution in [0.1, 0.15) is 35.4 Å². The number of anilines is 1. The van der Waals surface area contributed by atoms with E-state index in [9.17, 15) is 9.90 Å². The van der Waals surface area contributed by atoms with E-state index in [-0.39, 0.29) is 18.1 Å². The van der Waals surface area contributed by atoms with Crippen molar-refractivity contribution in [3.8, 4) is 0 Å². The molecule has 4 heterocycles. The second-order valence-corrected chi connectivity index (χ2v) is 10.0. The molecule has 1 atom stereocenters. The number of aryl methyl sites for hydroxylation is 2. The number of aromatic nitrogens is 3. The number of benzene rings is 1. The Balaban J connectivity index is 1.44. The van der Waals surface area contributed by atoms with Crippen molar-refractivity contribution in [3.63, 3.8) is 0 Å². The van der Waals surface area contributed by atoms with Crippen LogP contribution in [0.25, 0.3) is 10.9 Å². The van der Waals surface area contributed by atoms with Gasteiger partial charge in [-0.15, -0.1) is 0 Å². The maximum Gasteiger partial charge on any atom is 0.193 e. The van der Waals surface area contributed by atoms with E-state index in [1.165, 1.54) is 5.56 Å². The monoisotopic (exact) mass is 497 g/mol. The van der Waals surface area contributed by atoms with Crippen LogP contribution in [0.15, 0.2) is 71.9 Å². The van der Waals surface area contributed by atoms with Crippen molar-refractivity contribution >= 4 is 16.6 Å². The van der Waals surface area contributed by atoms with Gasteiger partial charge >= 0.3 is 0 Å². The fourth-order valence-electron chi connectivity index (χ4n) is 5.44. The first-order valence-electron chi connectivity index (χ1n) is 13.1. The number of piperidine rings is 1. The molecule has 1 aliphatic heterocycles. The van der Waals surface area contributed by atoms with Gasteiger partial charge in [0.2, 0.25) is 0 Å². The molecule has 0 amide bonds. The summed E-state index contributed by atoms with van der Waals surface area (Å²) in [4.78, 5) is 27.3. The number of aliphatic hydroxyl groups excluding tert-OH is 1. The Bertz CT molecular complexity index is 1420. The van der Waals surface area contributed by atoms with Crippen LogP contribution >= 0.6 is 0 Å². The summed E-state index contributed by atoms with van der Waals surface area (Å²) in [6.07, 6.45) is 8.51. The number of rotatable bonds is 8.